The molecule has 0 fully saturated rings. The smallest absolute Gasteiger partial charge is 0.166 e. The number of nitrogens with zero attached hydrogens (tertiary/aromatic N) is 1. The molecule has 0 spiro atoms. The summed E-state index contributed by atoms with van der Waals surface area (Å²) in [4.78, 5) is 7.14. The summed E-state index contributed by atoms with van der Waals surface area (Å²) in [5.41, 5.74) is 1.13. The Kier molecular flexibility index (Phi) is 3.27. The number of thioether (sulfide) groups is 1. The molecule has 0 saturated heterocycles. The summed E-state index contributed by atoms with van der Waals surface area (Å²) in [5.74, 6) is 0.698. The van der Waals surface area contributed by atoms with Gasteiger partial charge in [-0.25, -0.2) is 4.98 Å². The Bertz CT molecular complexity index is 914. The fourth-order valence-corrected chi connectivity index (χ4v) is 2.63. The van der Waals surface area contributed by atoms with Gasteiger partial charge in [0.15, 0.2) is 5.16 Å². The quantitative estimate of drug-likeness (QED) is 0.455. The van der Waals surface area contributed by atoms with Gasteiger partial charge < -0.3 is 9.72 Å². The molecule has 1 aromatic heterocycles. The lowest BCUT2D eigenvalue weighted by molar-refractivity contribution is 0.484. The van der Waals surface area contributed by atoms with Gasteiger partial charge in [0.1, 0.15) is 16.5 Å². The summed E-state index contributed by atoms with van der Waals surface area (Å²) >= 11 is 18.9. The number of H-pyrrole nitrogens is 1. The van der Waals surface area contributed by atoms with Crippen LogP contribution in [0, 0.1) is 0 Å². The van der Waals surface area contributed by atoms with Crippen LogP contribution < -0.4 is 4.74 Å². The van der Waals surface area contributed by atoms with E-state index in [0.717, 1.165) is 0 Å². The topological polar surface area (TPSA) is 37.9 Å². The van der Waals surface area contributed by atoms with Gasteiger partial charge in [-0.15, -0.1) is 0 Å². The Hall–Kier alpha value is -1.07. The first-order valence-electron chi connectivity index (χ1n) is 7.23. The summed E-state index contributed by atoms with van der Waals surface area (Å²) in [6.07, 6.45) is -2.19. The molecule has 0 amide bonds. The fraction of sp³-hybridized carbons (Fsp3) is 0.0714. The van der Waals surface area contributed by atoms with Crippen molar-refractivity contribution in [1.29, 1.82) is 0 Å². The van der Waals surface area contributed by atoms with Crippen molar-refractivity contribution in [2.75, 3.05) is 6.18 Å². The summed E-state index contributed by atoms with van der Waals surface area (Å²) < 4.78 is 27.6. The van der Waals surface area contributed by atoms with E-state index in [-0.39, 0.29) is 10.2 Å². The molecule has 21 heavy (non-hydrogen) atoms. The Morgan fingerprint density at radius 3 is 2.86 bits per heavy atom. The van der Waals surface area contributed by atoms with Crippen molar-refractivity contribution in [2.45, 2.75) is 5.16 Å². The summed E-state index contributed by atoms with van der Waals surface area (Å²) in [6, 6.07) is 8.23. The van der Waals surface area contributed by atoms with Crippen LogP contribution in [0.3, 0.4) is 0 Å². The highest BCUT2D eigenvalue weighted by molar-refractivity contribution is 7.98. The van der Waals surface area contributed by atoms with Crippen LogP contribution >= 0.6 is 46.6 Å². The first-order chi connectivity index (χ1) is 11.2. The molecule has 3 nitrogen and oxygen atoms in total. The number of ether oxygens (including phenoxy) is 1. The zero-order valence-electron chi connectivity index (χ0n) is 13.3. The number of aromatic amines is 1. The summed E-state index contributed by atoms with van der Waals surface area (Å²) in [7, 11) is 0. The van der Waals surface area contributed by atoms with E-state index in [9.17, 15) is 0 Å². The van der Waals surface area contributed by atoms with Gasteiger partial charge in [-0.3, -0.25) is 0 Å². The molecule has 108 valence electrons. The molecule has 7 heteroatoms. The van der Waals surface area contributed by atoms with Gasteiger partial charge in [-0.05, 0) is 24.4 Å². The van der Waals surface area contributed by atoms with E-state index in [0.29, 0.717) is 44.3 Å². The number of hydrogen-bond donors (Lipinski definition) is 1. The number of halogens is 3. The molecule has 0 aliphatic carbocycles. The zero-order valence-corrected chi connectivity index (χ0v) is 13.4. The molecule has 0 bridgehead atoms. The van der Waals surface area contributed by atoms with Gasteiger partial charge in [-0.2, -0.15) is 0 Å². The highest BCUT2D eigenvalue weighted by Gasteiger charge is 2.12. The van der Waals surface area contributed by atoms with E-state index in [2.05, 4.69) is 9.97 Å². The lowest BCUT2D eigenvalue weighted by Gasteiger charge is -2.09. The normalized spacial score (nSPS) is 13.8. The molecule has 0 saturated carbocycles. The maximum atomic E-state index is 7.28. The summed E-state index contributed by atoms with van der Waals surface area (Å²) in [5, 5.41) is 1.24. The Morgan fingerprint density at radius 2 is 2.05 bits per heavy atom. The van der Waals surface area contributed by atoms with Gasteiger partial charge >= 0.3 is 0 Å². The number of fused-ring (bicyclic) bond motifs is 1. The third kappa shape index (κ3) is 2.94. The van der Waals surface area contributed by atoms with Crippen LogP contribution in [-0.4, -0.2) is 16.2 Å². The summed E-state index contributed by atoms with van der Waals surface area (Å²) in [6.45, 7) is 0. The molecule has 0 aliphatic rings. The highest BCUT2D eigenvalue weighted by atomic mass is 35.5. The molecule has 3 rings (SSSR count). The SMILES string of the molecule is [2H][13C]([2H])([2H])Sc1nc2cc(Oc3cccc(Cl)c3Cl)c(Cl)cc2[nH]1. The molecule has 0 radical (unpaired) electrons. The molecule has 1 N–H and O–H groups in total. The van der Waals surface area contributed by atoms with E-state index in [4.69, 9.17) is 43.7 Å². The molecule has 0 unspecified atom stereocenters. The second-order valence-corrected chi connectivity index (χ2v) is 5.88. The highest BCUT2D eigenvalue weighted by Crippen LogP contribution is 2.38. The Morgan fingerprint density at radius 1 is 1.19 bits per heavy atom. The second kappa shape index (κ2) is 5.97. The van der Waals surface area contributed by atoms with Crippen LogP contribution in [0.4, 0.5) is 0 Å². The first-order valence-corrected chi connectivity index (χ1v) is 7.68. The van der Waals surface area contributed by atoms with Gasteiger partial charge in [0.2, 0.25) is 0 Å². The Balaban J connectivity index is 1.97. The van der Waals surface area contributed by atoms with Crippen molar-refractivity contribution in [3.05, 3.63) is 45.4 Å². The predicted molar refractivity (Wildman–Crippen MR) is 89.4 cm³/mol. The third-order valence-electron chi connectivity index (χ3n) is 2.75. The number of benzene rings is 2. The number of nitrogens with one attached hydrogen (secondary N) is 1. The fourth-order valence-electron chi connectivity index (χ4n) is 1.80. The average molecular weight is 364 g/mol. The van der Waals surface area contributed by atoms with Crippen LogP contribution in [0.5, 0.6) is 11.5 Å². The van der Waals surface area contributed by atoms with Crippen molar-refractivity contribution < 1.29 is 8.85 Å². The maximum Gasteiger partial charge on any atom is 0.166 e. The van der Waals surface area contributed by atoms with E-state index in [1.165, 1.54) is 0 Å². The third-order valence-corrected chi connectivity index (χ3v) is 4.23. The minimum atomic E-state index is -2.19. The number of imidazole rings is 1. The van der Waals surface area contributed by atoms with Gasteiger partial charge in [0, 0.05) is 10.2 Å². The minimum Gasteiger partial charge on any atom is -0.454 e. The second-order valence-electron chi connectivity index (χ2n) is 4.10. The monoisotopic (exact) mass is 362 g/mol. The minimum absolute atomic E-state index is 0.274. The van der Waals surface area contributed by atoms with E-state index in [1.54, 1.807) is 30.3 Å². The van der Waals surface area contributed by atoms with Crippen LogP contribution in [0.15, 0.2) is 35.5 Å². The van der Waals surface area contributed by atoms with Crippen molar-refractivity contribution >= 4 is 57.6 Å². The number of rotatable bonds is 3. The van der Waals surface area contributed by atoms with Gasteiger partial charge in [-0.1, -0.05) is 52.6 Å². The number of hydrogen-bond acceptors (Lipinski definition) is 3. The van der Waals surface area contributed by atoms with Crippen LogP contribution in [-0.2, 0) is 0 Å². The van der Waals surface area contributed by atoms with Crippen molar-refractivity contribution in [2.24, 2.45) is 0 Å². The van der Waals surface area contributed by atoms with E-state index >= 15 is 0 Å². The van der Waals surface area contributed by atoms with Crippen molar-refractivity contribution in [3.8, 4) is 11.5 Å². The standard InChI is InChI=1S/C14H9Cl3N2OS/c1-21-14-18-9-5-8(16)12(6-10(9)19-14)20-11-4-2-3-7(15)13(11)17/h2-6H,1H3,(H,18,19)/i1+1D3. The molecular formula is C14H9Cl3N2OS. The number of aromatic nitrogens is 2. The van der Waals surface area contributed by atoms with Crippen LogP contribution in [0.1, 0.15) is 4.11 Å². The molecule has 0 atom stereocenters. The van der Waals surface area contributed by atoms with Crippen molar-refractivity contribution in [1.82, 2.24) is 9.97 Å². The van der Waals surface area contributed by atoms with Crippen molar-refractivity contribution in [3.63, 3.8) is 0 Å². The lowest BCUT2D eigenvalue weighted by Crippen LogP contribution is -1.87. The molecule has 0 aliphatic heterocycles. The molecule has 1 heterocycles. The largest absolute Gasteiger partial charge is 0.454 e. The Labute approximate surface area is 144 Å². The first kappa shape index (κ1) is 11.5. The average Bonchev–Trinajstić information content (AvgIpc) is 2.83. The van der Waals surface area contributed by atoms with E-state index < -0.39 is 6.18 Å². The molecule has 2 aromatic carbocycles. The zero-order chi connectivity index (χ0) is 17.5. The van der Waals surface area contributed by atoms with Gasteiger partial charge in [0.05, 0.1) is 21.1 Å². The maximum absolute atomic E-state index is 7.28. The molecular weight excluding hydrogens is 352 g/mol. The van der Waals surface area contributed by atoms with Crippen LogP contribution in [0.2, 0.25) is 15.1 Å². The van der Waals surface area contributed by atoms with E-state index in [1.807, 2.05) is 0 Å². The van der Waals surface area contributed by atoms with Gasteiger partial charge in [0.25, 0.3) is 0 Å². The molecule has 3 aromatic rings. The predicted octanol–water partition coefficient (Wildman–Crippen LogP) is 6.04. The lowest BCUT2D eigenvalue weighted by atomic mass is 10.3. The van der Waals surface area contributed by atoms with Crippen LogP contribution in [0.25, 0.3) is 11.0 Å².